The van der Waals surface area contributed by atoms with Crippen LogP contribution in [-0.2, 0) is 11.3 Å². The molecule has 0 aliphatic heterocycles. The first-order valence-corrected chi connectivity index (χ1v) is 5.94. The summed E-state index contributed by atoms with van der Waals surface area (Å²) >= 11 is 0. The molecule has 0 saturated heterocycles. The minimum Gasteiger partial charge on any atom is -0.377 e. The van der Waals surface area contributed by atoms with Crippen molar-refractivity contribution in [2.75, 3.05) is 20.2 Å². The molecule has 0 bridgehead atoms. The molecule has 0 spiro atoms. The summed E-state index contributed by atoms with van der Waals surface area (Å²) in [6.45, 7) is 9.04. The number of ether oxygens (including phenoxy) is 1. The second-order valence-electron chi connectivity index (χ2n) is 4.39. The molecule has 2 heteroatoms. The van der Waals surface area contributed by atoms with Gasteiger partial charge in [-0.3, -0.25) is 0 Å². The lowest BCUT2D eigenvalue weighted by atomic mass is 10.0. The molecular weight excluding hydrogens is 198 g/mol. The fourth-order valence-corrected chi connectivity index (χ4v) is 1.96. The van der Waals surface area contributed by atoms with Crippen molar-refractivity contribution >= 4 is 0 Å². The van der Waals surface area contributed by atoms with Gasteiger partial charge in [0.25, 0.3) is 0 Å². The van der Waals surface area contributed by atoms with Crippen LogP contribution in [0, 0.1) is 20.8 Å². The van der Waals surface area contributed by atoms with Gasteiger partial charge in [0, 0.05) is 6.61 Å². The van der Waals surface area contributed by atoms with E-state index < -0.39 is 0 Å². The quantitative estimate of drug-likeness (QED) is 0.746. The Morgan fingerprint density at radius 2 is 1.75 bits per heavy atom. The van der Waals surface area contributed by atoms with E-state index in [1.165, 1.54) is 22.3 Å². The molecule has 0 heterocycles. The molecule has 0 amide bonds. The van der Waals surface area contributed by atoms with Gasteiger partial charge in [-0.1, -0.05) is 17.7 Å². The molecule has 1 aromatic rings. The SMILES string of the molecule is CNCCCOCc1c(C)cc(C)cc1C. The second kappa shape index (κ2) is 6.66. The lowest BCUT2D eigenvalue weighted by molar-refractivity contribution is 0.118. The van der Waals surface area contributed by atoms with E-state index in [2.05, 4.69) is 38.2 Å². The Labute approximate surface area is 99.0 Å². The van der Waals surface area contributed by atoms with Gasteiger partial charge in [-0.15, -0.1) is 0 Å². The van der Waals surface area contributed by atoms with Crippen LogP contribution < -0.4 is 5.32 Å². The smallest absolute Gasteiger partial charge is 0.0721 e. The third kappa shape index (κ3) is 3.95. The highest BCUT2D eigenvalue weighted by Crippen LogP contribution is 2.17. The van der Waals surface area contributed by atoms with E-state index in [4.69, 9.17) is 4.74 Å². The number of nitrogens with one attached hydrogen (secondary N) is 1. The van der Waals surface area contributed by atoms with Crippen LogP contribution in [0.4, 0.5) is 0 Å². The first-order chi connectivity index (χ1) is 7.65. The van der Waals surface area contributed by atoms with Gasteiger partial charge in [0.15, 0.2) is 0 Å². The summed E-state index contributed by atoms with van der Waals surface area (Å²) in [5, 5.41) is 3.12. The summed E-state index contributed by atoms with van der Waals surface area (Å²) in [5.41, 5.74) is 5.35. The molecule has 1 rings (SSSR count). The van der Waals surface area contributed by atoms with Crippen molar-refractivity contribution in [2.24, 2.45) is 0 Å². The largest absolute Gasteiger partial charge is 0.377 e. The number of hydrogen-bond donors (Lipinski definition) is 1. The highest BCUT2D eigenvalue weighted by Gasteiger charge is 2.03. The van der Waals surface area contributed by atoms with Gasteiger partial charge < -0.3 is 10.1 Å². The Kier molecular flexibility index (Phi) is 5.50. The predicted molar refractivity (Wildman–Crippen MR) is 68.9 cm³/mol. The summed E-state index contributed by atoms with van der Waals surface area (Å²) < 4.78 is 5.68. The van der Waals surface area contributed by atoms with Crippen LogP contribution in [-0.4, -0.2) is 20.2 Å². The average molecular weight is 221 g/mol. The lowest BCUT2D eigenvalue weighted by Crippen LogP contribution is -2.10. The summed E-state index contributed by atoms with van der Waals surface area (Å²) in [7, 11) is 1.97. The van der Waals surface area contributed by atoms with Crippen molar-refractivity contribution in [3.05, 3.63) is 34.4 Å². The van der Waals surface area contributed by atoms with E-state index in [1.807, 2.05) is 7.05 Å². The van der Waals surface area contributed by atoms with Crippen LogP contribution >= 0.6 is 0 Å². The van der Waals surface area contributed by atoms with E-state index in [0.717, 1.165) is 26.2 Å². The second-order valence-corrected chi connectivity index (χ2v) is 4.39. The molecular formula is C14H23NO. The van der Waals surface area contributed by atoms with Gasteiger partial charge >= 0.3 is 0 Å². The monoisotopic (exact) mass is 221 g/mol. The van der Waals surface area contributed by atoms with Crippen molar-refractivity contribution in [2.45, 2.75) is 33.8 Å². The van der Waals surface area contributed by atoms with E-state index in [1.54, 1.807) is 0 Å². The molecule has 2 nitrogen and oxygen atoms in total. The summed E-state index contributed by atoms with van der Waals surface area (Å²) in [5.74, 6) is 0. The summed E-state index contributed by atoms with van der Waals surface area (Å²) in [4.78, 5) is 0. The summed E-state index contributed by atoms with van der Waals surface area (Å²) in [6.07, 6.45) is 1.07. The van der Waals surface area contributed by atoms with Gasteiger partial charge in [-0.25, -0.2) is 0 Å². The van der Waals surface area contributed by atoms with Crippen LogP contribution in [0.1, 0.15) is 28.7 Å². The van der Waals surface area contributed by atoms with Crippen LogP contribution in [0.15, 0.2) is 12.1 Å². The van der Waals surface area contributed by atoms with E-state index in [0.29, 0.717) is 0 Å². The number of aryl methyl sites for hydroxylation is 3. The molecule has 0 radical (unpaired) electrons. The Morgan fingerprint density at radius 1 is 1.12 bits per heavy atom. The van der Waals surface area contributed by atoms with Crippen molar-refractivity contribution in [1.82, 2.24) is 5.32 Å². The number of rotatable bonds is 6. The van der Waals surface area contributed by atoms with Crippen molar-refractivity contribution in [3.8, 4) is 0 Å². The molecule has 90 valence electrons. The Hall–Kier alpha value is -0.860. The molecule has 16 heavy (non-hydrogen) atoms. The van der Waals surface area contributed by atoms with Crippen molar-refractivity contribution < 1.29 is 4.74 Å². The van der Waals surface area contributed by atoms with E-state index in [9.17, 15) is 0 Å². The zero-order chi connectivity index (χ0) is 12.0. The standard InChI is InChI=1S/C14H23NO/c1-11-8-12(2)14(13(3)9-11)10-16-7-5-6-15-4/h8-9,15H,5-7,10H2,1-4H3. The fourth-order valence-electron chi connectivity index (χ4n) is 1.96. The molecule has 0 aromatic heterocycles. The number of benzene rings is 1. The molecule has 0 atom stereocenters. The third-order valence-corrected chi connectivity index (χ3v) is 2.80. The van der Waals surface area contributed by atoms with Crippen LogP contribution in [0.5, 0.6) is 0 Å². The van der Waals surface area contributed by atoms with Gasteiger partial charge in [0.05, 0.1) is 6.61 Å². The normalized spacial score (nSPS) is 10.8. The molecule has 1 N–H and O–H groups in total. The molecule has 0 unspecified atom stereocenters. The van der Waals surface area contributed by atoms with Crippen molar-refractivity contribution in [1.29, 1.82) is 0 Å². The number of hydrogen-bond acceptors (Lipinski definition) is 2. The first kappa shape index (κ1) is 13.2. The van der Waals surface area contributed by atoms with Crippen LogP contribution in [0.25, 0.3) is 0 Å². The zero-order valence-corrected chi connectivity index (χ0v) is 10.9. The summed E-state index contributed by atoms with van der Waals surface area (Å²) in [6, 6.07) is 4.44. The van der Waals surface area contributed by atoms with Gasteiger partial charge in [-0.2, -0.15) is 0 Å². The highest BCUT2D eigenvalue weighted by atomic mass is 16.5. The average Bonchev–Trinajstić information content (AvgIpc) is 2.20. The van der Waals surface area contributed by atoms with E-state index in [-0.39, 0.29) is 0 Å². The van der Waals surface area contributed by atoms with Gasteiger partial charge in [0.1, 0.15) is 0 Å². The maximum absolute atomic E-state index is 5.68. The molecule has 0 aliphatic rings. The highest BCUT2D eigenvalue weighted by molar-refractivity contribution is 5.36. The van der Waals surface area contributed by atoms with Crippen LogP contribution in [0.3, 0.4) is 0 Å². The maximum atomic E-state index is 5.68. The third-order valence-electron chi connectivity index (χ3n) is 2.80. The maximum Gasteiger partial charge on any atom is 0.0721 e. The molecule has 0 fully saturated rings. The van der Waals surface area contributed by atoms with Crippen LogP contribution in [0.2, 0.25) is 0 Å². The van der Waals surface area contributed by atoms with Gasteiger partial charge in [0.2, 0.25) is 0 Å². The minimum absolute atomic E-state index is 0.738. The molecule has 0 saturated carbocycles. The van der Waals surface area contributed by atoms with Gasteiger partial charge in [-0.05, 0) is 57.5 Å². The Morgan fingerprint density at radius 3 is 2.31 bits per heavy atom. The zero-order valence-electron chi connectivity index (χ0n) is 10.9. The lowest BCUT2D eigenvalue weighted by Gasteiger charge is -2.11. The fraction of sp³-hybridized carbons (Fsp3) is 0.571. The first-order valence-electron chi connectivity index (χ1n) is 5.94. The Balaban J connectivity index is 2.47. The van der Waals surface area contributed by atoms with Crippen molar-refractivity contribution in [3.63, 3.8) is 0 Å². The predicted octanol–water partition coefficient (Wildman–Crippen LogP) is 2.74. The molecule has 0 aliphatic carbocycles. The minimum atomic E-state index is 0.738. The molecule has 1 aromatic carbocycles. The topological polar surface area (TPSA) is 21.3 Å². The Bertz CT molecular complexity index is 311. The van der Waals surface area contributed by atoms with E-state index >= 15 is 0 Å².